The second-order valence-electron chi connectivity index (χ2n) is 18.2. The van der Waals surface area contributed by atoms with E-state index in [0.717, 1.165) is 41.9 Å². The van der Waals surface area contributed by atoms with Gasteiger partial charge in [-0.15, -0.1) is 0 Å². The van der Waals surface area contributed by atoms with Crippen LogP contribution in [-0.4, -0.2) is 34.1 Å². The summed E-state index contributed by atoms with van der Waals surface area (Å²) >= 11 is 0. The molecule has 0 aliphatic carbocycles. The number of nitrogens with zero attached hydrogens (tertiary/aromatic N) is 2. The van der Waals surface area contributed by atoms with E-state index in [-0.39, 0.29) is 28.2 Å². The number of anilines is 1. The highest BCUT2D eigenvalue weighted by Gasteiger charge is 2.45. The number of amides is 4. The molecule has 0 radical (unpaired) electrons. The van der Waals surface area contributed by atoms with Crippen LogP contribution in [0, 0.1) is 0 Å². The fourth-order valence-corrected chi connectivity index (χ4v) is 9.12. The molecule has 1 atom stereocenters. The lowest BCUT2D eigenvalue weighted by atomic mass is 9.76. The van der Waals surface area contributed by atoms with Crippen molar-refractivity contribution < 1.29 is 28.7 Å². The fourth-order valence-electron chi connectivity index (χ4n) is 9.12. The number of hydrogen-bond donors (Lipinski definition) is 0. The standard InChI is InChI=1S/C56H56N2O6/c1-9-33-55(7,10-2)40-19-27-44(28-20-40)63-42-23-15-38(16-24-42)54(5,6)39-17-25-43(26-18-39)64-45-29-21-41(22-30-45)57-50(59)46-31-13-36(34-48(46)51(57)60)37-14-32-47-49(35-37)53(62)58(52(47)61)56(8,11-3)12-4/h13-32,34-35H,9-12,33H2,1-8H3. The molecule has 0 bridgehead atoms. The van der Waals surface area contributed by atoms with Crippen LogP contribution in [-0.2, 0) is 10.8 Å². The van der Waals surface area contributed by atoms with E-state index >= 15 is 0 Å². The van der Waals surface area contributed by atoms with Crippen molar-refractivity contribution >= 4 is 29.3 Å². The summed E-state index contributed by atoms with van der Waals surface area (Å²) in [5.74, 6) is 1.35. The number of benzene rings is 6. The number of imide groups is 2. The Morgan fingerprint density at radius 3 is 1.27 bits per heavy atom. The number of carbonyl (C=O) groups is 4. The Morgan fingerprint density at radius 1 is 0.438 bits per heavy atom. The lowest BCUT2D eigenvalue weighted by Gasteiger charge is -2.35. The van der Waals surface area contributed by atoms with Crippen LogP contribution in [0.15, 0.2) is 133 Å². The third kappa shape index (κ3) is 7.80. The van der Waals surface area contributed by atoms with Crippen molar-refractivity contribution in [3.05, 3.63) is 172 Å². The van der Waals surface area contributed by atoms with Gasteiger partial charge in [0.2, 0.25) is 0 Å². The SMILES string of the molecule is CCCC(C)(CC)c1ccc(Oc2ccc(C(C)(C)c3ccc(Oc4ccc(N5C(=O)c6ccc(-c7ccc8c(c7)C(=O)N(C(C)(CC)CC)C8=O)cc6C5=O)cc4)cc3)cc2)cc1. The van der Waals surface area contributed by atoms with Crippen LogP contribution in [0.3, 0.4) is 0 Å². The first-order chi connectivity index (χ1) is 30.6. The molecule has 6 aromatic rings. The molecule has 4 amide bonds. The molecule has 2 aliphatic rings. The molecule has 1 unspecified atom stereocenters. The van der Waals surface area contributed by atoms with Gasteiger partial charge >= 0.3 is 0 Å². The Hall–Kier alpha value is -6.80. The van der Waals surface area contributed by atoms with Crippen LogP contribution in [0.25, 0.3) is 11.1 Å². The molecule has 2 heterocycles. The minimum Gasteiger partial charge on any atom is -0.457 e. The van der Waals surface area contributed by atoms with Crippen LogP contribution in [0.4, 0.5) is 5.69 Å². The van der Waals surface area contributed by atoms with Gasteiger partial charge in [-0.05, 0) is 151 Å². The molecule has 8 heteroatoms. The topological polar surface area (TPSA) is 93.2 Å². The number of fused-ring (bicyclic) bond motifs is 2. The van der Waals surface area contributed by atoms with Gasteiger partial charge in [0.1, 0.15) is 23.0 Å². The van der Waals surface area contributed by atoms with Gasteiger partial charge in [-0.2, -0.15) is 0 Å². The van der Waals surface area contributed by atoms with Gasteiger partial charge in [0.05, 0.1) is 27.9 Å². The van der Waals surface area contributed by atoms with Crippen LogP contribution >= 0.6 is 0 Å². The van der Waals surface area contributed by atoms with Crippen LogP contribution in [0.5, 0.6) is 23.0 Å². The zero-order valence-corrected chi connectivity index (χ0v) is 38.1. The second-order valence-corrected chi connectivity index (χ2v) is 18.2. The van der Waals surface area contributed by atoms with Crippen LogP contribution in [0.1, 0.15) is 146 Å². The number of carbonyl (C=O) groups excluding carboxylic acids is 4. The van der Waals surface area contributed by atoms with E-state index in [0.29, 0.717) is 57.8 Å². The Labute approximate surface area is 376 Å². The third-order valence-corrected chi connectivity index (χ3v) is 14.0. The van der Waals surface area contributed by atoms with Crippen LogP contribution < -0.4 is 14.4 Å². The molecule has 0 spiro atoms. The van der Waals surface area contributed by atoms with Crippen molar-refractivity contribution in [2.45, 2.75) is 104 Å². The molecular formula is C56H56N2O6. The van der Waals surface area contributed by atoms with E-state index in [1.807, 2.05) is 45.0 Å². The maximum absolute atomic E-state index is 13.8. The van der Waals surface area contributed by atoms with Crippen molar-refractivity contribution in [2.75, 3.05) is 4.90 Å². The highest BCUT2D eigenvalue weighted by Crippen LogP contribution is 2.39. The minimum absolute atomic E-state index is 0.177. The van der Waals surface area contributed by atoms with Gasteiger partial charge in [0, 0.05) is 11.0 Å². The molecule has 0 saturated heterocycles. The molecule has 0 fully saturated rings. The largest absolute Gasteiger partial charge is 0.457 e. The van der Waals surface area contributed by atoms with Gasteiger partial charge in [0.25, 0.3) is 23.6 Å². The first kappa shape index (κ1) is 43.8. The first-order valence-corrected chi connectivity index (χ1v) is 22.5. The van der Waals surface area contributed by atoms with Gasteiger partial charge in [-0.25, -0.2) is 4.90 Å². The molecule has 8 nitrogen and oxygen atoms in total. The summed E-state index contributed by atoms with van der Waals surface area (Å²) in [7, 11) is 0. The molecule has 326 valence electrons. The number of ether oxygens (including phenoxy) is 2. The van der Waals surface area contributed by atoms with Crippen molar-refractivity contribution in [1.29, 1.82) is 0 Å². The summed E-state index contributed by atoms with van der Waals surface area (Å²) in [6.45, 7) is 17.1. The Bertz CT molecular complexity index is 2750. The van der Waals surface area contributed by atoms with E-state index in [1.54, 1.807) is 60.7 Å². The Morgan fingerprint density at radius 2 is 0.828 bits per heavy atom. The summed E-state index contributed by atoms with van der Waals surface area (Å²) < 4.78 is 12.4. The molecule has 0 saturated carbocycles. The highest BCUT2D eigenvalue weighted by molar-refractivity contribution is 6.34. The molecule has 0 aromatic heterocycles. The lowest BCUT2D eigenvalue weighted by molar-refractivity contribution is 0.0434. The lowest BCUT2D eigenvalue weighted by Crippen LogP contribution is -2.48. The molecule has 0 N–H and O–H groups in total. The fraction of sp³-hybridized carbons (Fsp3) is 0.286. The van der Waals surface area contributed by atoms with Crippen molar-refractivity contribution in [3.8, 4) is 34.1 Å². The van der Waals surface area contributed by atoms with E-state index in [4.69, 9.17) is 9.47 Å². The smallest absolute Gasteiger partial charge is 0.266 e. The molecule has 6 aromatic carbocycles. The zero-order chi connectivity index (χ0) is 45.6. The van der Waals surface area contributed by atoms with E-state index < -0.39 is 17.4 Å². The Kier molecular flexibility index (Phi) is 11.7. The summed E-state index contributed by atoms with van der Waals surface area (Å²) in [5.41, 5.74) is 5.97. The van der Waals surface area contributed by atoms with Crippen molar-refractivity contribution in [3.63, 3.8) is 0 Å². The normalized spacial score (nSPS) is 14.8. The van der Waals surface area contributed by atoms with Crippen molar-refractivity contribution in [1.82, 2.24) is 4.90 Å². The van der Waals surface area contributed by atoms with E-state index in [9.17, 15) is 19.2 Å². The first-order valence-electron chi connectivity index (χ1n) is 22.5. The van der Waals surface area contributed by atoms with E-state index in [2.05, 4.69) is 83.1 Å². The molecule has 8 rings (SSSR count). The quantitative estimate of drug-likeness (QED) is 0.0955. The third-order valence-electron chi connectivity index (χ3n) is 14.0. The second kappa shape index (κ2) is 17.1. The predicted octanol–water partition coefficient (Wildman–Crippen LogP) is 13.7. The molecular weight excluding hydrogens is 797 g/mol. The average molecular weight is 853 g/mol. The minimum atomic E-state index is -0.587. The maximum atomic E-state index is 13.8. The van der Waals surface area contributed by atoms with Gasteiger partial charge < -0.3 is 9.47 Å². The summed E-state index contributed by atoms with van der Waals surface area (Å²) in [4.78, 5) is 56.8. The van der Waals surface area contributed by atoms with Gasteiger partial charge in [-0.1, -0.05) is 103 Å². The van der Waals surface area contributed by atoms with Gasteiger partial charge in [-0.3, -0.25) is 24.1 Å². The summed E-state index contributed by atoms with van der Waals surface area (Å²) in [6.07, 6.45) is 4.70. The molecule has 64 heavy (non-hydrogen) atoms. The monoisotopic (exact) mass is 852 g/mol. The highest BCUT2D eigenvalue weighted by atomic mass is 16.5. The van der Waals surface area contributed by atoms with Gasteiger partial charge in [0.15, 0.2) is 0 Å². The van der Waals surface area contributed by atoms with Crippen LogP contribution in [0.2, 0.25) is 0 Å². The Balaban J connectivity index is 0.906. The summed E-state index contributed by atoms with van der Waals surface area (Å²) in [6, 6.07) is 41.9. The zero-order valence-electron chi connectivity index (χ0n) is 38.1. The van der Waals surface area contributed by atoms with Crippen molar-refractivity contribution in [2.24, 2.45) is 0 Å². The molecule has 2 aliphatic heterocycles. The number of hydrogen-bond acceptors (Lipinski definition) is 6. The predicted molar refractivity (Wildman–Crippen MR) is 253 cm³/mol. The van der Waals surface area contributed by atoms with E-state index in [1.165, 1.54) is 15.4 Å². The average Bonchev–Trinajstić information content (AvgIpc) is 3.72. The maximum Gasteiger partial charge on any atom is 0.266 e. The number of rotatable bonds is 15. The summed E-state index contributed by atoms with van der Waals surface area (Å²) in [5, 5.41) is 0.